The molecule has 33 heavy (non-hydrogen) atoms. The van der Waals surface area contributed by atoms with Gasteiger partial charge >= 0.3 is 0 Å². The van der Waals surface area contributed by atoms with E-state index in [0.29, 0.717) is 19.0 Å². The summed E-state index contributed by atoms with van der Waals surface area (Å²) in [5.41, 5.74) is 3.75. The van der Waals surface area contributed by atoms with Gasteiger partial charge in [-0.05, 0) is 65.0 Å². The van der Waals surface area contributed by atoms with Crippen LogP contribution in [0.25, 0.3) is 10.8 Å². The fourth-order valence-electron chi connectivity index (χ4n) is 4.51. The maximum atomic E-state index is 13.0. The van der Waals surface area contributed by atoms with Crippen molar-refractivity contribution in [2.45, 2.75) is 32.2 Å². The predicted octanol–water partition coefficient (Wildman–Crippen LogP) is 5.38. The minimum atomic E-state index is -0.250. The molecule has 0 bridgehead atoms. The molecule has 4 rings (SSSR count). The number of carbonyl (C=O) groups excluding carboxylic acids is 1. The molecule has 1 aliphatic rings. The zero-order chi connectivity index (χ0) is 24.0. The van der Waals surface area contributed by atoms with E-state index in [1.165, 1.54) is 27.5 Å². The van der Waals surface area contributed by atoms with Gasteiger partial charge in [0, 0.05) is 18.1 Å². The second-order valence-electron chi connectivity index (χ2n) is 8.76. The second-order valence-corrected chi connectivity index (χ2v) is 9.20. The molecule has 5 nitrogen and oxygen atoms in total. The molecule has 1 amide bonds. The highest BCUT2D eigenvalue weighted by Crippen LogP contribution is 2.30. The summed E-state index contributed by atoms with van der Waals surface area (Å²) in [6, 6.07) is 21.2. The van der Waals surface area contributed by atoms with Gasteiger partial charge in [-0.1, -0.05) is 67.9 Å². The Morgan fingerprint density at radius 3 is 2.48 bits per heavy atom. The Kier molecular flexibility index (Phi) is 8.48. The average Bonchev–Trinajstić information content (AvgIpc) is 2.79. The van der Waals surface area contributed by atoms with Crippen LogP contribution in [0.2, 0.25) is 5.02 Å². The van der Waals surface area contributed by atoms with Crippen LogP contribution in [0.3, 0.4) is 0 Å². The molecule has 174 valence electrons. The number of piperazine rings is 1. The first kappa shape index (κ1) is 24.7. The number of fused-ring (bicyclic) bond motifs is 1. The van der Waals surface area contributed by atoms with E-state index in [2.05, 4.69) is 78.2 Å². The molecule has 1 unspecified atom stereocenters. The normalized spacial score (nSPS) is 16.6. The van der Waals surface area contributed by atoms with Gasteiger partial charge in [0.15, 0.2) is 0 Å². The van der Waals surface area contributed by atoms with Crippen LogP contribution in [0.15, 0.2) is 60.7 Å². The number of amides is 1. The molecule has 0 spiro atoms. The SMILES string of the molecule is CC(C)c1cc(Cl)ccc1CCN1C(=O)CN(C)CC1c1ccc2ccccc2c1.O=CO. The lowest BCUT2D eigenvalue weighted by atomic mass is 9.94. The molecule has 3 aromatic rings. The zero-order valence-corrected chi connectivity index (χ0v) is 20.1. The first-order chi connectivity index (χ1) is 15.8. The number of nitrogens with zero attached hydrogens (tertiary/aromatic N) is 2. The lowest BCUT2D eigenvalue weighted by Crippen LogP contribution is -2.51. The van der Waals surface area contributed by atoms with Crippen molar-refractivity contribution in [2.24, 2.45) is 0 Å². The lowest BCUT2D eigenvalue weighted by Gasteiger charge is -2.40. The molecule has 6 heteroatoms. The average molecular weight is 467 g/mol. The third-order valence-corrected chi connectivity index (χ3v) is 6.33. The van der Waals surface area contributed by atoms with Crippen LogP contribution in [0.1, 0.15) is 42.5 Å². The van der Waals surface area contributed by atoms with E-state index in [1.54, 1.807) is 0 Å². The number of hydrogen-bond donors (Lipinski definition) is 1. The Labute approximate surface area is 200 Å². The van der Waals surface area contributed by atoms with Gasteiger partial charge in [0.05, 0.1) is 12.6 Å². The van der Waals surface area contributed by atoms with Crippen molar-refractivity contribution in [2.75, 3.05) is 26.7 Å². The van der Waals surface area contributed by atoms with Crippen LogP contribution in [0.5, 0.6) is 0 Å². The fourth-order valence-corrected chi connectivity index (χ4v) is 4.69. The molecule has 1 atom stereocenters. The summed E-state index contributed by atoms with van der Waals surface area (Å²) in [4.78, 5) is 25.6. The van der Waals surface area contributed by atoms with E-state index < -0.39 is 0 Å². The third-order valence-electron chi connectivity index (χ3n) is 6.10. The minimum absolute atomic E-state index is 0.0654. The highest BCUT2D eigenvalue weighted by atomic mass is 35.5. The topological polar surface area (TPSA) is 60.9 Å². The monoisotopic (exact) mass is 466 g/mol. The Morgan fingerprint density at radius 2 is 1.79 bits per heavy atom. The minimum Gasteiger partial charge on any atom is -0.483 e. The fraction of sp³-hybridized carbons (Fsp3) is 0.333. The van der Waals surface area contributed by atoms with Crippen LogP contribution < -0.4 is 0 Å². The van der Waals surface area contributed by atoms with Crippen molar-refractivity contribution in [3.63, 3.8) is 0 Å². The number of carbonyl (C=O) groups is 2. The molecule has 1 fully saturated rings. The molecular formula is C27H31ClN2O3. The maximum Gasteiger partial charge on any atom is 0.290 e. The van der Waals surface area contributed by atoms with E-state index in [0.717, 1.165) is 18.0 Å². The summed E-state index contributed by atoms with van der Waals surface area (Å²) in [5, 5.41) is 10.1. The van der Waals surface area contributed by atoms with E-state index in [1.807, 2.05) is 13.1 Å². The van der Waals surface area contributed by atoms with Gasteiger partial charge in [0.25, 0.3) is 6.47 Å². The summed E-state index contributed by atoms with van der Waals surface area (Å²) < 4.78 is 0. The number of halogens is 1. The van der Waals surface area contributed by atoms with Crippen LogP contribution in [-0.2, 0) is 16.0 Å². The molecular weight excluding hydrogens is 436 g/mol. The smallest absolute Gasteiger partial charge is 0.290 e. The van der Waals surface area contributed by atoms with Gasteiger partial charge < -0.3 is 10.0 Å². The Bertz CT molecular complexity index is 1120. The molecule has 0 aliphatic carbocycles. The van der Waals surface area contributed by atoms with Gasteiger partial charge in [-0.2, -0.15) is 0 Å². The summed E-state index contributed by atoms with van der Waals surface area (Å²) in [6.07, 6.45) is 0.838. The number of rotatable bonds is 5. The van der Waals surface area contributed by atoms with Crippen LogP contribution >= 0.6 is 11.6 Å². The second kappa shape index (κ2) is 11.3. The maximum absolute atomic E-state index is 13.0. The Morgan fingerprint density at radius 1 is 1.09 bits per heavy atom. The predicted molar refractivity (Wildman–Crippen MR) is 134 cm³/mol. The lowest BCUT2D eigenvalue weighted by molar-refractivity contribution is -0.139. The summed E-state index contributed by atoms with van der Waals surface area (Å²) >= 11 is 6.23. The molecule has 0 radical (unpaired) electrons. The first-order valence-corrected chi connectivity index (χ1v) is 11.5. The van der Waals surface area contributed by atoms with E-state index in [-0.39, 0.29) is 18.4 Å². The van der Waals surface area contributed by atoms with Crippen molar-refractivity contribution in [1.29, 1.82) is 0 Å². The van der Waals surface area contributed by atoms with Crippen molar-refractivity contribution in [1.82, 2.24) is 9.80 Å². The molecule has 1 heterocycles. The van der Waals surface area contributed by atoms with Gasteiger partial charge in [-0.3, -0.25) is 14.5 Å². The van der Waals surface area contributed by atoms with Crippen LogP contribution in [0.4, 0.5) is 0 Å². The van der Waals surface area contributed by atoms with E-state index in [9.17, 15) is 4.79 Å². The summed E-state index contributed by atoms with van der Waals surface area (Å²) in [7, 11) is 2.03. The van der Waals surface area contributed by atoms with Crippen molar-refractivity contribution < 1.29 is 14.7 Å². The first-order valence-electron chi connectivity index (χ1n) is 11.2. The van der Waals surface area contributed by atoms with Crippen molar-refractivity contribution in [3.8, 4) is 0 Å². The molecule has 1 aliphatic heterocycles. The van der Waals surface area contributed by atoms with Gasteiger partial charge in [-0.15, -0.1) is 0 Å². The van der Waals surface area contributed by atoms with Crippen LogP contribution in [-0.4, -0.2) is 54.0 Å². The number of hydrogen-bond acceptors (Lipinski definition) is 3. The van der Waals surface area contributed by atoms with E-state index >= 15 is 0 Å². The van der Waals surface area contributed by atoms with Gasteiger partial charge in [0.2, 0.25) is 5.91 Å². The number of likely N-dealkylation sites (N-methyl/N-ethyl adjacent to an activating group) is 1. The molecule has 0 aromatic heterocycles. The Balaban J connectivity index is 0.000000968. The molecule has 3 aromatic carbocycles. The van der Waals surface area contributed by atoms with Gasteiger partial charge in [-0.25, -0.2) is 0 Å². The number of carboxylic acid groups (broad SMARTS) is 1. The quantitative estimate of drug-likeness (QED) is 0.513. The summed E-state index contributed by atoms with van der Waals surface area (Å²) in [5.74, 6) is 0.597. The zero-order valence-electron chi connectivity index (χ0n) is 19.4. The highest BCUT2D eigenvalue weighted by molar-refractivity contribution is 6.30. The molecule has 0 saturated carbocycles. The standard InChI is InChI=1S/C26H29ClN2O.CH2O2/c1-18(2)24-15-23(27)11-10-20(24)12-13-29-25(16-28(3)17-26(29)30)22-9-8-19-6-4-5-7-21(19)14-22;2-1-3/h4-11,14-15,18,25H,12-13,16-17H2,1-3H3;1H,(H,2,3). The van der Waals surface area contributed by atoms with E-state index in [4.69, 9.17) is 21.5 Å². The Hall–Kier alpha value is -2.89. The molecule has 1 N–H and O–H groups in total. The largest absolute Gasteiger partial charge is 0.483 e. The number of benzene rings is 3. The van der Waals surface area contributed by atoms with Gasteiger partial charge in [0.1, 0.15) is 0 Å². The summed E-state index contributed by atoms with van der Waals surface area (Å²) in [6.45, 7) is 6.16. The molecule has 1 saturated heterocycles. The van der Waals surface area contributed by atoms with Crippen molar-refractivity contribution >= 4 is 34.8 Å². The highest BCUT2D eigenvalue weighted by Gasteiger charge is 2.32. The van der Waals surface area contributed by atoms with Crippen LogP contribution in [0, 0.1) is 0 Å². The third kappa shape index (κ3) is 6.12. The van der Waals surface area contributed by atoms with Crippen molar-refractivity contribution in [3.05, 3.63) is 82.4 Å².